The van der Waals surface area contributed by atoms with Crippen molar-refractivity contribution in [3.05, 3.63) is 59.4 Å². The molecule has 30 heavy (non-hydrogen) atoms. The maximum Gasteiger partial charge on any atom is 0.248 e. The second kappa shape index (κ2) is 10.1. The van der Waals surface area contributed by atoms with Gasteiger partial charge in [-0.3, -0.25) is 4.79 Å². The number of amides is 1. The number of carbonyl (C=O) groups excluding carboxylic acids is 1. The predicted molar refractivity (Wildman–Crippen MR) is 109 cm³/mol. The van der Waals surface area contributed by atoms with Gasteiger partial charge in [0.1, 0.15) is 12.4 Å². The van der Waals surface area contributed by atoms with Crippen LogP contribution in [-0.4, -0.2) is 57.1 Å². The van der Waals surface area contributed by atoms with E-state index in [0.29, 0.717) is 30.0 Å². The van der Waals surface area contributed by atoms with Gasteiger partial charge in [-0.25, -0.2) is 4.39 Å². The molecule has 0 spiro atoms. The SMILES string of the molecule is COCC(=O)N(Cc1cccc(F)c1)C[C@@H]1CC(c2ccc(OC)c(OC)c2)=NO1. The number of methoxy groups -OCH3 is 3. The summed E-state index contributed by atoms with van der Waals surface area (Å²) in [5.74, 6) is 0.681. The summed E-state index contributed by atoms with van der Waals surface area (Å²) < 4.78 is 29.1. The molecule has 7 nitrogen and oxygen atoms in total. The van der Waals surface area contributed by atoms with Gasteiger partial charge in [-0.1, -0.05) is 17.3 Å². The minimum Gasteiger partial charge on any atom is -0.493 e. The first kappa shape index (κ1) is 21.6. The van der Waals surface area contributed by atoms with Crippen molar-refractivity contribution in [2.45, 2.75) is 19.1 Å². The fourth-order valence-corrected chi connectivity index (χ4v) is 3.28. The number of benzene rings is 2. The Balaban J connectivity index is 1.68. The van der Waals surface area contributed by atoms with Gasteiger partial charge in [-0.15, -0.1) is 0 Å². The molecule has 1 heterocycles. The summed E-state index contributed by atoms with van der Waals surface area (Å²) in [4.78, 5) is 19.7. The number of hydrogen-bond donors (Lipinski definition) is 0. The second-order valence-corrected chi connectivity index (χ2v) is 6.88. The Morgan fingerprint density at radius 1 is 1.17 bits per heavy atom. The Morgan fingerprint density at radius 3 is 2.67 bits per heavy atom. The Morgan fingerprint density at radius 2 is 1.97 bits per heavy atom. The molecule has 8 heteroatoms. The highest BCUT2D eigenvalue weighted by molar-refractivity contribution is 6.01. The first-order valence-corrected chi connectivity index (χ1v) is 9.50. The van der Waals surface area contributed by atoms with Crippen LogP contribution in [0.3, 0.4) is 0 Å². The van der Waals surface area contributed by atoms with Crippen LogP contribution in [0, 0.1) is 5.82 Å². The van der Waals surface area contributed by atoms with E-state index in [9.17, 15) is 9.18 Å². The maximum absolute atomic E-state index is 13.5. The van der Waals surface area contributed by atoms with Gasteiger partial charge in [0.05, 0.1) is 26.5 Å². The fourth-order valence-electron chi connectivity index (χ4n) is 3.28. The van der Waals surface area contributed by atoms with Crippen molar-refractivity contribution in [3.8, 4) is 11.5 Å². The largest absolute Gasteiger partial charge is 0.493 e. The predicted octanol–water partition coefficient (Wildman–Crippen LogP) is 3.01. The molecule has 0 bridgehead atoms. The molecule has 1 amide bonds. The number of carbonyl (C=O) groups is 1. The lowest BCUT2D eigenvalue weighted by atomic mass is 10.0. The third-order valence-electron chi connectivity index (χ3n) is 4.76. The third-order valence-corrected chi connectivity index (χ3v) is 4.76. The highest BCUT2D eigenvalue weighted by atomic mass is 19.1. The standard InChI is InChI=1S/C22H25FN2O5/c1-27-14-22(26)25(12-15-5-4-6-17(23)9-15)13-18-11-19(24-30-18)16-7-8-20(28-2)21(10-16)29-3/h4-10,18H,11-14H2,1-3H3/t18-/m0/s1. The van der Waals surface area contributed by atoms with Gasteiger partial charge in [0.25, 0.3) is 0 Å². The molecule has 2 aromatic rings. The average molecular weight is 416 g/mol. The minimum absolute atomic E-state index is 0.0641. The Kier molecular flexibility index (Phi) is 7.24. The Bertz CT molecular complexity index is 918. The summed E-state index contributed by atoms with van der Waals surface area (Å²) in [6.07, 6.45) is 0.206. The Hall–Kier alpha value is -3.13. The van der Waals surface area contributed by atoms with Crippen LogP contribution < -0.4 is 9.47 Å². The molecule has 0 fully saturated rings. The zero-order chi connectivity index (χ0) is 21.5. The van der Waals surface area contributed by atoms with Gasteiger partial charge in [-0.05, 0) is 35.9 Å². The van der Waals surface area contributed by atoms with Crippen LogP contribution >= 0.6 is 0 Å². The number of hydrogen-bond acceptors (Lipinski definition) is 6. The van der Waals surface area contributed by atoms with Gasteiger partial charge in [0, 0.05) is 25.6 Å². The van der Waals surface area contributed by atoms with E-state index in [-0.39, 0.29) is 31.0 Å². The molecule has 1 atom stereocenters. The van der Waals surface area contributed by atoms with Gasteiger partial charge in [0.2, 0.25) is 5.91 Å². The average Bonchev–Trinajstić information content (AvgIpc) is 3.21. The zero-order valence-electron chi connectivity index (χ0n) is 17.3. The van der Waals surface area contributed by atoms with Crippen molar-refractivity contribution >= 4 is 11.6 Å². The van der Waals surface area contributed by atoms with Gasteiger partial charge in [-0.2, -0.15) is 0 Å². The van der Waals surface area contributed by atoms with Crippen LogP contribution in [-0.2, 0) is 20.9 Å². The summed E-state index contributed by atoms with van der Waals surface area (Å²) in [7, 11) is 4.61. The highest BCUT2D eigenvalue weighted by Gasteiger charge is 2.27. The first-order valence-electron chi connectivity index (χ1n) is 9.50. The molecule has 3 rings (SSSR count). The van der Waals surface area contributed by atoms with E-state index in [2.05, 4.69) is 5.16 Å². The highest BCUT2D eigenvalue weighted by Crippen LogP contribution is 2.29. The van der Waals surface area contributed by atoms with Crippen molar-refractivity contribution in [2.24, 2.45) is 5.16 Å². The molecule has 0 aromatic heterocycles. The number of rotatable bonds is 9. The van der Waals surface area contributed by atoms with E-state index in [4.69, 9.17) is 19.0 Å². The monoisotopic (exact) mass is 416 g/mol. The maximum atomic E-state index is 13.5. The molecule has 0 saturated carbocycles. The summed E-state index contributed by atoms with van der Waals surface area (Å²) in [5.41, 5.74) is 2.30. The molecule has 0 saturated heterocycles. The summed E-state index contributed by atoms with van der Waals surface area (Å²) in [5, 5.41) is 4.19. The zero-order valence-corrected chi connectivity index (χ0v) is 17.3. The van der Waals surface area contributed by atoms with Gasteiger partial charge < -0.3 is 23.9 Å². The lowest BCUT2D eigenvalue weighted by molar-refractivity contribution is -0.137. The second-order valence-electron chi connectivity index (χ2n) is 6.88. The van der Waals surface area contributed by atoms with Crippen molar-refractivity contribution in [2.75, 3.05) is 34.5 Å². The van der Waals surface area contributed by atoms with Crippen LogP contribution in [0.4, 0.5) is 4.39 Å². The molecule has 1 aliphatic rings. The summed E-state index contributed by atoms with van der Waals surface area (Å²) in [6, 6.07) is 11.7. The topological polar surface area (TPSA) is 69.6 Å². The lowest BCUT2D eigenvalue weighted by Crippen LogP contribution is -2.39. The van der Waals surface area contributed by atoms with E-state index in [1.165, 1.54) is 19.2 Å². The number of ether oxygens (including phenoxy) is 3. The van der Waals surface area contributed by atoms with E-state index >= 15 is 0 Å². The molecule has 2 aromatic carbocycles. The van der Waals surface area contributed by atoms with Crippen molar-refractivity contribution < 1.29 is 28.2 Å². The molecule has 0 N–H and O–H groups in total. The molecule has 0 unspecified atom stereocenters. The molecule has 0 aliphatic carbocycles. The van der Waals surface area contributed by atoms with E-state index in [1.54, 1.807) is 31.3 Å². The fraction of sp³-hybridized carbons (Fsp3) is 0.364. The number of oxime groups is 1. The van der Waals surface area contributed by atoms with Crippen molar-refractivity contribution in [1.82, 2.24) is 4.90 Å². The first-order chi connectivity index (χ1) is 14.5. The third kappa shape index (κ3) is 5.27. The quantitative estimate of drug-likeness (QED) is 0.629. The van der Waals surface area contributed by atoms with Crippen molar-refractivity contribution in [1.29, 1.82) is 0 Å². The van der Waals surface area contributed by atoms with Crippen molar-refractivity contribution in [3.63, 3.8) is 0 Å². The van der Waals surface area contributed by atoms with Crippen LogP contribution in [0.5, 0.6) is 11.5 Å². The molecule has 160 valence electrons. The van der Waals surface area contributed by atoms with Gasteiger partial charge >= 0.3 is 0 Å². The minimum atomic E-state index is -0.345. The number of halogens is 1. The molecule has 1 aliphatic heterocycles. The molecule has 0 radical (unpaired) electrons. The normalized spacial score (nSPS) is 15.3. The van der Waals surface area contributed by atoms with E-state index in [0.717, 1.165) is 11.3 Å². The summed E-state index contributed by atoms with van der Waals surface area (Å²) in [6.45, 7) is 0.496. The van der Waals surface area contributed by atoms with E-state index < -0.39 is 0 Å². The number of nitrogens with zero attached hydrogens (tertiary/aromatic N) is 2. The summed E-state index contributed by atoms with van der Waals surface area (Å²) >= 11 is 0. The van der Waals surface area contributed by atoms with Crippen LogP contribution in [0.1, 0.15) is 17.5 Å². The van der Waals surface area contributed by atoms with E-state index in [1.807, 2.05) is 18.2 Å². The van der Waals surface area contributed by atoms with Crippen LogP contribution in [0.25, 0.3) is 0 Å². The lowest BCUT2D eigenvalue weighted by Gasteiger charge is -2.24. The smallest absolute Gasteiger partial charge is 0.248 e. The van der Waals surface area contributed by atoms with Crippen LogP contribution in [0.2, 0.25) is 0 Å². The van der Waals surface area contributed by atoms with Crippen LogP contribution in [0.15, 0.2) is 47.6 Å². The molecular weight excluding hydrogens is 391 g/mol. The Labute approximate surface area is 175 Å². The molecular formula is C22H25FN2O5. The van der Waals surface area contributed by atoms with Gasteiger partial charge in [0.15, 0.2) is 17.6 Å².